The highest BCUT2D eigenvalue weighted by atomic mass is 16.5. The van der Waals surface area contributed by atoms with E-state index in [9.17, 15) is 0 Å². The molecule has 1 heterocycles. The van der Waals surface area contributed by atoms with Gasteiger partial charge < -0.3 is 14.8 Å². The summed E-state index contributed by atoms with van der Waals surface area (Å²) < 4.78 is 11.6. The van der Waals surface area contributed by atoms with E-state index in [1.165, 1.54) is 37.7 Å². The third-order valence-electron chi connectivity index (χ3n) is 4.80. The van der Waals surface area contributed by atoms with Crippen molar-refractivity contribution in [1.29, 1.82) is 0 Å². The van der Waals surface area contributed by atoms with Crippen LogP contribution < -0.4 is 10.1 Å². The first kappa shape index (κ1) is 13.9. The summed E-state index contributed by atoms with van der Waals surface area (Å²) in [6, 6.07) is 8.24. The van der Waals surface area contributed by atoms with Crippen LogP contribution >= 0.6 is 0 Å². The molecule has 0 radical (unpaired) electrons. The van der Waals surface area contributed by atoms with Crippen molar-refractivity contribution in [1.82, 2.24) is 5.32 Å². The average Bonchev–Trinajstić information content (AvgIpc) is 2.71. The van der Waals surface area contributed by atoms with E-state index < -0.39 is 0 Å². The molecule has 0 bridgehead atoms. The fourth-order valence-electron chi connectivity index (χ4n) is 3.53. The number of methoxy groups -OCH3 is 1. The molecule has 1 aliphatic carbocycles. The lowest BCUT2D eigenvalue weighted by Crippen LogP contribution is -2.37. The van der Waals surface area contributed by atoms with Crippen molar-refractivity contribution in [3.05, 3.63) is 29.8 Å². The minimum absolute atomic E-state index is 0.145. The SMILES string of the molecule is COc1cccc(C2CNCC3(CCCCC3)CO2)c1. The van der Waals surface area contributed by atoms with E-state index in [-0.39, 0.29) is 6.10 Å². The van der Waals surface area contributed by atoms with Crippen molar-refractivity contribution in [2.75, 3.05) is 26.8 Å². The monoisotopic (exact) mass is 275 g/mol. The van der Waals surface area contributed by atoms with Gasteiger partial charge in [0, 0.05) is 18.5 Å². The predicted molar refractivity (Wildman–Crippen MR) is 80.1 cm³/mol. The van der Waals surface area contributed by atoms with Crippen LogP contribution in [-0.2, 0) is 4.74 Å². The van der Waals surface area contributed by atoms with E-state index in [0.717, 1.165) is 25.4 Å². The Morgan fingerprint density at radius 3 is 2.90 bits per heavy atom. The van der Waals surface area contributed by atoms with E-state index >= 15 is 0 Å². The van der Waals surface area contributed by atoms with Crippen molar-refractivity contribution >= 4 is 0 Å². The number of rotatable bonds is 2. The van der Waals surface area contributed by atoms with Gasteiger partial charge in [0.1, 0.15) is 5.75 Å². The Labute approximate surface area is 121 Å². The smallest absolute Gasteiger partial charge is 0.119 e. The molecule has 1 spiro atoms. The van der Waals surface area contributed by atoms with Crippen LogP contribution in [0.3, 0.4) is 0 Å². The van der Waals surface area contributed by atoms with Crippen LogP contribution in [0.25, 0.3) is 0 Å². The van der Waals surface area contributed by atoms with Gasteiger partial charge in [-0.25, -0.2) is 0 Å². The second-order valence-corrected chi connectivity index (χ2v) is 6.27. The van der Waals surface area contributed by atoms with Crippen molar-refractivity contribution < 1.29 is 9.47 Å². The molecule has 1 unspecified atom stereocenters. The molecule has 2 aliphatic rings. The third-order valence-corrected chi connectivity index (χ3v) is 4.80. The van der Waals surface area contributed by atoms with Crippen LogP contribution in [0.2, 0.25) is 0 Å². The molecule has 3 nitrogen and oxygen atoms in total. The zero-order chi connectivity index (χ0) is 13.8. The molecule has 110 valence electrons. The number of nitrogens with one attached hydrogen (secondary N) is 1. The molecule has 20 heavy (non-hydrogen) atoms. The maximum absolute atomic E-state index is 6.26. The lowest BCUT2D eigenvalue weighted by Gasteiger charge is -2.35. The molecule has 1 N–H and O–H groups in total. The van der Waals surface area contributed by atoms with Crippen molar-refractivity contribution in [2.45, 2.75) is 38.2 Å². The van der Waals surface area contributed by atoms with Gasteiger partial charge in [-0.2, -0.15) is 0 Å². The molecule has 1 saturated heterocycles. The van der Waals surface area contributed by atoms with E-state index in [1.807, 2.05) is 12.1 Å². The molecule has 0 amide bonds. The van der Waals surface area contributed by atoms with Crippen molar-refractivity contribution in [2.24, 2.45) is 5.41 Å². The van der Waals surface area contributed by atoms with E-state index in [4.69, 9.17) is 9.47 Å². The molecule has 2 fully saturated rings. The summed E-state index contributed by atoms with van der Waals surface area (Å²) in [6.45, 7) is 2.89. The van der Waals surface area contributed by atoms with Gasteiger partial charge in [0.15, 0.2) is 0 Å². The quantitative estimate of drug-likeness (QED) is 0.898. The first-order valence-corrected chi connectivity index (χ1v) is 7.78. The Balaban J connectivity index is 1.70. The lowest BCUT2D eigenvalue weighted by molar-refractivity contribution is -0.00147. The minimum atomic E-state index is 0.145. The maximum atomic E-state index is 6.26. The summed E-state index contributed by atoms with van der Waals surface area (Å²) in [6.07, 6.45) is 6.87. The van der Waals surface area contributed by atoms with Gasteiger partial charge in [0.25, 0.3) is 0 Å². The Morgan fingerprint density at radius 1 is 1.25 bits per heavy atom. The molecule has 3 rings (SSSR count). The van der Waals surface area contributed by atoms with Crippen LogP contribution in [-0.4, -0.2) is 26.8 Å². The molecule has 3 heteroatoms. The number of hydrogen-bond donors (Lipinski definition) is 1. The molecule has 1 aromatic carbocycles. The van der Waals surface area contributed by atoms with Crippen molar-refractivity contribution in [3.63, 3.8) is 0 Å². The zero-order valence-corrected chi connectivity index (χ0v) is 12.4. The van der Waals surface area contributed by atoms with E-state index in [0.29, 0.717) is 5.41 Å². The van der Waals surface area contributed by atoms with Crippen LogP contribution in [0.5, 0.6) is 5.75 Å². The molecule has 1 atom stereocenters. The summed E-state index contributed by atoms with van der Waals surface area (Å²) in [5, 5.41) is 3.63. The van der Waals surface area contributed by atoms with E-state index in [1.54, 1.807) is 7.11 Å². The van der Waals surface area contributed by atoms with Crippen LogP contribution in [0, 0.1) is 5.41 Å². The summed E-state index contributed by atoms with van der Waals surface area (Å²) in [5.41, 5.74) is 1.59. The largest absolute Gasteiger partial charge is 0.497 e. The van der Waals surface area contributed by atoms with Gasteiger partial charge in [-0.05, 0) is 30.5 Å². The minimum Gasteiger partial charge on any atom is -0.497 e. The third kappa shape index (κ3) is 2.99. The highest BCUT2D eigenvalue weighted by molar-refractivity contribution is 5.30. The lowest BCUT2D eigenvalue weighted by atomic mass is 9.74. The molecule has 0 aromatic heterocycles. The fraction of sp³-hybridized carbons (Fsp3) is 0.647. The predicted octanol–water partition coefficient (Wildman–Crippen LogP) is 3.31. The maximum Gasteiger partial charge on any atom is 0.119 e. The molecular weight excluding hydrogens is 250 g/mol. The van der Waals surface area contributed by atoms with E-state index in [2.05, 4.69) is 17.4 Å². The normalized spacial score (nSPS) is 26.1. The highest BCUT2D eigenvalue weighted by Gasteiger charge is 2.35. The summed E-state index contributed by atoms with van der Waals surface area (Å²) >= 11 is 0. The second-order valence-electron chi connectivity index (χ2n) is 6.27. The molecule has 1 aromatic rings. The van der Waals surface area contributed by atoms with Crippen LogP contribution in [0.1, 0.15) is 43.8 Å². The average molecular weight is 275 g/mol. The van der Waals surface area contributed by atoms with Crippen molar-refractivity contribution in [3.8, 4) is 5.75 Å². The number of benzene rings is 1. The first-order valence-electron chi connectivity index (χ1n) is 7.78. The number of ether oxygens (including phenoxy) is 2. The van der Waals surface area contributed by atoms with Gasteiger partial charge in [0.2, 0.25) is 0 Å². The topological polar surface area (TPSA) is 30.5 Å². The van der Waals surface area contributed by atoms with Crippen LogP contribution in [0.4, 0.5) is 0 Å². The first-order chi connectivity index (χ1) is 9.81. The Morgan fingerprint density at radius 2 is 2.10 bits per heavy atom. The highest BCUT2D eigenvalue weighted by Crippen LogP contribution is 2.38. The standard InChI is InChI=1S/C17H25NO2/c1-19-15-7-5-6-14(10-15)16-11-18-12-17(13-20-16)8-3-2-4-9-17/h5-7,10,16,18H,2-4,8-9,11-13H2,1H3. The Hall–Kier alpha value is -1.06. The van der Waals surface area contributed by atoms with Gasteiger partial charge in [-0.1, -0.05) is 31.4 Å². The summed E-state index contributed by atoms with van der Waals surface area (Å²) in [7, 11) is 1.71. The Kier molecular flexibility index (Phi) is 4.27. The van der Waals surface area contributed by atoms with Gasteiger partial charge in [-0.3, -0.25) is 0 Å². The zero-order valence-electron chi connectivity index (χ0n) is 12.4. The Bertz CT molecular complexity index is 440. The van der Waals surface area contributed by atoms with Gasteiger partial charge in [-0.15, -0.1) is 0 Å². The van der Waals surface area contributed by atoms with Gasteiger partial charge in [0.05, 0.1) is 19.8 Å². The molecule has 1 aliphatic heterocycles. The van der Waals surface area contributed by atoms with Gasteiger partial charge >= 0.3 is 0 Å². The fourth-order valence-corrected chi connectivity index (χ4v) is 3.53. The number of hydrogen-bond acceptors (Lipinski definition) is 3. The van der Waals surface area contributed by atoms with Crippen LogP contribution in [0.15, 0.2) is 24.3 Å². The molecule has 1 saturated carbocycles. The second kappa shape index (κ2) is 6.15. The summed E-state index contributed by atoms with van der Waals surface area (Å²) in [5.74, 6) is 0.905. The molecular formula is C17H25NO2. The summed E-state index contributed by atoms with van der Waals surface area (Å²) in [4.78, 5) is 0.